The Balaban J connectivity index is 1.63. The molecule has 1 fully saturated rings. The van der Waals surface area contributed by atoms with Crippen LogP contribution in [0.25, 0.3) is 0 Å². The van der Waals surface area contributed by atoms with Crippen LogP contribution in [-0.2, 0) is 16.1 Å². The SMILES string of the molecule is Cc1cccc(C)c1NC(=O)C(C)Nc1cccc(CN2CCOC2=O)c1. The molecule has 0 spiro atoms. The van der Waals surface area contributed by atoms with Gasteiger partial charge in [-0.05, 0) is 49.6 Å². The standard InChI is InChI=1S/C21H25N3O3/c1-14-6-4-7-15(2)19(14)23-20(25)16(3)22-18-9-5-8-17(12-18)13-24-10-11-27-21(24)26/h4-9,12,16,22H,10-11,13H2,1-3H3,(H,23,25). The summed E-state index contributed by atoms with van der Waals surface area (Å²) < 4.78 is 4.96. The largest absolute Gasteiger partial charge is 0.448 e. The Morgan fingerprint density at radius 1 is 1.19 bits per heavy atom. The fraction of sp³-hybridized carbons (Fsp3) is 0.333. The number of nitrogens with zero attached hydrogens (tertiary/aromatic N) is 1. The van der Waals surface area contributed by atoms with Crippen LogP contribution in [0.3, 0.4) is 0 Å². The zero-order valence-electron chi connectivity index (χ0n) is 15.9. The van der Waals surface area contributed by atoms with E-state index in [-0.39, 0.29) is 12.0 Å². The van der Waals surface area contributed by atoms with Crippen LogP contribution in [0.4, 0.5) is 16.2 Å². The molecule has 0 bridgehead atoms. The molecule has 6 nitrogen and oxygen atoms in total. The van der Waals surface area contributed by atoms with Gasteiger partial charge in [-0.2, -0.15) is 0 Å². The minimum atomic E-state index is -0.406. The minimum Gasteiger partial charge on any atom is -0.448 e. The van der Waals surface area contributed by atoms with Gasteiger partial charge >= 0.3 is 6.09 Å². The number of amides is 2. The Bertz CT molecular complexity index is 830. The lowest BCUT2D eigenvalue weighted by Crippen LogP contribution is -2.32. The summed E-state index contributed by atoms with van der Waals surface area (Å²) in [4.78, 5) is 25.8. The van der Waals surface area contributed by atoms with Crippen LogP contribution in [-0.4, -0.2) is 36.1 Å². The zero-order chi connectivity index (χ0) is 19.4. The highest BCUT2D eigenvalue weighted by atomic mass is 16.6. The Morgan fingerprint density at radius 2 is 1.89 bits per heavy atom. The van der Waals surface area contributed by atoms with Crippen LogP contribution in [0.15, 0.2) is 42.5 Å². The normalized spacial score (nSPS) is 14.6. The average Bonchev–Trinajstić information content (AvgIpc) is 3.03. The number of carbonyl (C=O) groups is 2. The summed E-state index contributed by atoms with van der Waals surface area (Å²) >= 11 is 0. The van der Waals surface area contributed by atoms with Gasteiger partial charge in [-0.1, -0.05) is 30.3 Å². The van der Waals surface area contributed by atoms with Crippen molar-refractivity contribution in [2.45, 2.75) is 33.4 Å². The van der Waals surface area contributed by atoms with Crippen molar-refractivity contribution in [2.75, 3.05) is 23.8 Å². The summed E-state index contributed by atoms with van der Waals surface area (Å²) in [6.45, 7) is 7.32. The number of rotatable bonds is 6. The van der Waals surface area contributed by atoms with Crippen LogP contribution in [0.5, 0.6) is 0 Å². The molecular formula is C21H25N3O3. The summed E-state index contributed by atoms with van der Waals surface area (Å²) in [5, 5.41) is 6.24. The Hall–Kier alpha value is -3.02. The maximum atomic E-state index is 12.6. The monoisotopic (exact) mass is 367 g/mol. The van der Waals surface area contributed by atoms with Crippen molar-refractivity contribution in [2.24, 2.45) is 0 Å². The maximum Gasteiger partial charge on any atom is 0.410 e. The first-order chi connectivity index (χ1) is 12.9. The molecule has 2 aromatic carbocycles. The van der Waals surface area contributed by atoms with Gasteiger partial charge in [0.15, 0.2) is 0 Å². The molecular weight excluding hydrogens is 342 g/mol. The van der Waals surface area contributed by atoms with Gasteiger partial charge in [-0.25, -0.2) is 4.79 Å². The predicted molar refractivity (Wildman–Crippen MR) is 106 cm³/mol. The van der Waals surface area contributed by atoms with E-state index < -0.39 is 6.04 Å². The number of nitrogens with one attached hydrogen (secondary N) is 2. The number of anilines is 2. The molecule has 3 rings (SSSR count). The van der Waals surface area contributed by atoms with E-state index in [1.165, 1.54) is 0 Å². The number of benzene rings is 2. The summed E-state index contributed by atoms with van der Waals surface area (Å²) in [7, 11) is 0. The highest BCUT2D eigenvalue weighted by molar-refractivity contribution is 5.97. The number of ether oxygens (including phenoxy) is 1. The van der Waals surface area contributed by atoms with Crippen LogP contribution >= 0.6 is 0 Å². The Kier molecular flexibility index (Phi) is 5.64. The minimum absolute atomic E-state index is 0.0964. The van der Waals surface area contributed by atoms with E-state index in [2.05, 4.69) is 10.6 Å². The Morgan fingerprint density at radius 3 is 2.56 bits per heavy atom. The van der Waals surface area contributed by atoms with Gasteiger partial charge in [-0.15, -0.1) is 0 Å². The topological polar surface area (TPSA) is 70.7 Å². The zero-order valence-corrected chi connectivity index (χ0v) is 15.9. The summed E-state index contributed by atoms with van der Waals surface area (Å²) in [6.07, 6.45) is -0.283. The first kappa shape index (κ1) is 18.8. The number of aryl methyl sites for hydroxylation is 2. The van der Waals surface area contributed by atoms with E-state index in [0.29, 0.717) is 19.7 Å². The lowest BCUT2D eigenvalue weighted by molar-refractivity contribution is -0.116. The smallest absolute Gasteiger partial charge is 0.410 e. The molecule has 1 heterocycles. The van der Waals surface area contributed by atoms with Crippen molar-refractivity contribution in [3.05, 3.63) is 59.2 Å². The van der Waals surface area contributed by atoms with E-state index in [0.717, 1.165) is 28.1 Å². The first-order valence-electron chi connectivity index (χ1n) is 9.08. The van der Waals surface area contributed by atoms with Crippen molar-refractivity contribution >= 4 is 23.4 Å². The molecule has 0 aliphatic carbocycles. The third-order valence-corrected chi connectivity index (χ3v) is 4.65. The molecule has 0 saturated carbocycles. The Labute approximate surface area is 159 Å². The fourth-order valence-electron chi connectivity index (χ4n) is 3.11. The molecule has 2 aromatic rings. The number of cyclic esters (lactones) is 1. The number of hydrogen-bond acceptors (Lipinski definition) is 4. The summed E-state index contributed by atoms with van der Waals surface area (Å²) in [6, 6.07) is 13.3. The molecule has 6 heteroatoms. The maximum absolute atomic E-state index is 12.6. The summed E-state index contributed by atoms with van der Waals surface area (Å²) in [5.41, 5.74) is 4.76. The van der Waals surface area contributed by atoms with Crippen LogP contribution in [0.2, 0.25) is 0 Å². The van der Waals surface area contributed by atoms with Gasteiger partial charge in [-0.3, -0.25) is 4.79 Å². The molecule has 2 N–H and O–H groups in total. The number of carbonyl (C=O) groups excluding carboxylic acids is 2. The molecule has 1 aliphatic heterocycles. The molecule has 2 amide bonds. The van der Waals surface area contributed by atoms with Crippen LogP contribution in [0.1, 0.15) is 23.6 Å². The molecule has 0 aromatic heterocycles. The second-order valence-corrected chi connectivity index (χ2v) is 6.86. The second kappa shape index (κ2) is 8.12. The van der Waals surface area contributed by atoms with Crippen molar-refractivity contribution < 1.29 is 14.3 Å². The van der Waals surface area contributed by atoms with E-state index in [1.54, 1.807) is 4.90 Å². The van der Waals surface area contributed by atoms with Crippen molar-refractivity contribution in [3.8, 4) is 0 Å². The molecule has 1 atom stereocenters. The predicted octanol–water partition coefficient (Wildman–Crippen LogP) is 3.69. The lowest BCUT2D eigenvalue weighted by atomic mass is 10.1. The molecule has 1 aliphatic rings. The van der Waals surface area contributed by atoms with Gasteiger partial charge in [0, 0.05) is 17.9 Å². The third-order valence-electron chi connectivity index (χ3n) is 4.65. The van der Waals surface area contributed by atoms with E-state index >= 15 is 0 Å². The van der Waals surface area contributed by atoms with Gasteiger partial charge in [0.05, 0.1) is 6.54 Å². The highest BCUT2D eigenvalue weighted by Gasteiger charge is 2.22. The van der Waals surface area contributed by atoms with E-state index in [1.807, 2.05) is 63.2 Å². The number of para-hydroxylation sites is 1. The van der Waals surface area contributed by atoms with Crippen LogP contribution in [0, 0.1) is 13.8 Å². The molecule has 1 saturated heterocycles. The first-order valence-corrected chi connectivity index (χ1v) is 9.08. The fourth-order valence-corrected chi connectivity index (χ4v) is 3.11. The molecule has 1 unspecified atom stereocenters. The van der Waals surface area contributed by atoms with Gasteiger partial charge in [0.25, 0.3) is 0 Å². The van der Waals surface area contributed by atoms with Crippen molar-refractivity contribution in [1.82, 2.24) is 4.90 Å². The highest BCUT2D eigenvalue weighted by Crippen LogP contribution is 2.20. The molecule has 0 radical (unpaired) electrons. The quantitative estimate of drug-likeness (QED) is 0.817. The van der Waals surface area contributed by atoms with Gasteiger partial charge < -0.3 is 20.3 Å². The number of hydrogen-bond donors (Lipinski definition) is 2. The average molecular weight is 367 g/mol. The van der Waals surface area contributed by atoms with E-state index in [4.69, 9.17) is 4.74 Å². The van der Waals surface area contributed by atoms with Gasteiger partial charge in [0.2, 0.25) is 5.91 Å². The molecule has 27 heavy (non-hydrogen) atoms. The summed E-state index contributed by atoms with van der Waals surface area (Å²) in [5.74, 6) is -0.0964. The third kappa shape index (κ3) is 4.58. The van der Waals surface area contributed by atoms with Crippen molar-refractivity contribution in [3.63, 3.8) is 0 Å². The molecule has 142 valence electrons. The lowest BCUT2D eigenvalue weighted by Gasteiger charge is -2.18. The van der Waals surface area contributed by atoms with Gasteiger partial charge in [0.1, 0.15) is 12.6 Å². The van der Waals surface area contributed by atoms with Crippen molar-refractivity contribution in [1.29, 1.82) is 0 Å². The second-order valence-electron chi connectivity index (χ2n) is 6.86. The van der Waals surface area contributed by atoms with Crippen LogP contribution < -0.4 is 10.6 Å². The van der Waals surface area contributed by atoms with E-state index in [9.17, 15) is 9.59 Å².